The highest BCUT2D eigenvalue weighted by Gasteiger charge is 2.17. The lowest BCUT2D eigenvalue weighted by Crippen LogP contribution is -2.35. The lowest BCUT2D eigenvalue weighted by molar-refractivity contribution is -0.123. The third kappa shape index (κ3) is 3.39. The van der Waals surface area contributed by atoms with Gasteiger partial charge in [-0.15, -0.1) is 0 Å². The number of hydrogen-bond donors (Lipinski definition) is 2. The van der Waals surface area contributed by atoms with Crippen molar-refractivity contribution in [3.63, 3.8) is 0 Å². The van der Waals surface area contributed by atoms with Crippen LogP contribution in [0.25, 0.3) is 0 Å². The number of nitrogens with one attached hydrogen (secondary N) is 1. The van der Waals surface area contributed by atoms with Crippen molar-refractivity contribution >= 4 is 5.91 Å². The van der Waals surface area contributed by atoms with E-state index in [1.54, 1.807) is 12.4 Å². The normalized spacial score (nSPS) is 13.6. The number of rotatable bonds is 4. The van der Waals surface area contributed by atoms with Crippen molar-refractivity contribution in [1.29, 1.82) is 0 Å². The van der Waals surface area contributed by atoms with Crippen molar-refractivity contribution in [2.75, 3.05) is 0 Å². The quantitative estimate of drug-likeness (QED) is 0.877. The molecule has 0 radical (unpaired) electrons. The highest BCUT2D eigenvalue weighted by molar-refractivity contribution is 5.83. The first-order valence-corrected chi connectivity index (χ1v) is 6.19. The second-order valence-corrected chi connectivity index (χ2v) is 4.40. The molecule has 0 bridgehead atoms. The molecule has 98 valence electrons. The molecule has 0 saturated heterocycles. The number of carbonyl (C=O) groups excluding carboxylic acids is 1. The topological polar surface area (TPSA) is 68.0 Å². The molecule has 4 heteroatoms. The molecule has 0 aliphatic heterocycles. The predicted molar refractivity (Wildman–Crippen MR) is 74.2 cm³/mol. The summed E-state index contributed by atoms with van der Waals surface area (Å²) in [5.74, 6) is -0.192. The van der Waals surface area contributed by atoms with Crippen molar-refractivity contribution in [2.24, 2.45) is 5.73 Å². The van der Waals surface area contributed by atoms with Crippen LogP contribution >= 0.6 is 0 Å². The number of carbonyl (C=O) groups is 1. The van der Waals surface area contributed by atoms with Gasteiger partial charge in [0.05, 0.1) is 6.04 Å². The number of aromatic nitrogens is 1. The van der Waals surface area contributed by atoms with E-state index in [4.69, 9.17) is 5.73 Å². The van der Waals surface area contributed by atoms with E-state index >= 15 is 0 Å². The Hall–Kier alpha value is -2.20. The van der Waals surface area contributed by atoms with E-state index < -0.39 is 6.04 Å². The fourth-order valence-electron chi connectivity index (χ4n) is 1.83. The van der Waals surface area contributed by atoms with Crippen LogP contribution in [0, 0.1) is 0 Å². The number of amides is 1. The molecule has 1 unspecified atom stereocenters. The molecule has 0 fully saturated rings. The molecule has 1 amide bonds. The van der Waals surface area contributed by atoms with Crippen molar-refractivity contribution < 1.29 is 4.79 Å². The van der Waals surface area contributed by atoms with Crippen LogP contribution in [0.5, 0.6) is 0 Å². The van der Waals surface area contributed by atoms with E-state index in [9.17, 15) is 4.79 Å². The zero-order chi connectivity index (χ0) is 13.7. The summed E-state index contributed by atoms with van der Waals surface area (Å²) in [5, 5.41) is 2.89. The first-order chi connectivity index (χ1) is 9.18. The number of nitrogens with two attached hydrogens (primary N) is 1. The Kier molecular flexibility index (Phi) is 4.26. The van der Waals surface area contributed by atoms with Crippen molar-refractivity contribution in [3.05, 3.63) is 66.0 Å². The largest absolute Gasteiger partial charge is 0.348 e. The van der Waals surface area contributed by atoms with E-state index in [1.165, 1.54) is 0 Å². The van der Waals surface area contributed by atoms with Gasteiger partial charge in [-0.05, 0) is 24.1 Å². The monoisotopic (exact) mass is 255 g/mol. The minimum absolute atomic E-state index is 0.115. The van der Waals surface area contributed by atoms with Crippen LogP contribution in [0.4, 0.5) is 0 Å². The number of benzene rings is 1. The Morgan fingerprint density at radius 3 is 2.47 bits per heavy atom. The summed E-state index contributed by atoms with van der Waals surface area (Å²) in [5.41, 5.74) is 7.70. The molecule has 2 aromatic rings. The molecule has 2 rings (SSSR count). The summed E-state index contributed by atoms with van der Waals surface area (Å²) in [4.78, 5) is 16.1. The van der Waals surface area contributed by atoms with Crippen LogP contribution in [-0.2, 0) is 4.79 Å². The molecule has 19 heavy (non-hydrogen) atoms. The lowest BCUT2D eigenvalue weighted by atomic mass is 10.1. The minimum Gasteiger partial charge on any atom is -0.348 e. The summed E-state index contributed by atoms with van der Waals surface area (Å²) >= 11 is 0. The van der Waals surface area contributed by atoms with Crippen molar-refractivity contribution in [1.82, 2.24) is 10.3 Å². The van der Waals surface area contributed by atoms with Gasteiger partial charge in [-0.2, -0.15) is 0 Å². The zero-order valence-electron chi connectivity index (χ0n) is 10.8. The van der Waals surface area contributed by atoms with E-state index in [-0.39, 0.29) is 11.9 Å². The fraction of sp³-hybridized carbons (Fsp3) is 0.200. The second-order valence-electron chi connectivity index (χ2n) is 4.40. The van der Waals surface area contributed by atoms with Gasteiger partial charge in [-0.1, -0.05) is 36.4 Å². The standard InChI is InChI=1S/C15H17N3O/c1-11(13-8-5-9-17-10-13)18-15(19)14(16)12-6-3-2-4-7-12/h2-11,14H,16H2,1H3,(H,18,19)/t11?,14-/m0/s1. The van der Waals surface area contributed by atoms with Gasteiger partial charge in [0, 0.05) is 12.4 Å². The number of pyridine rings is 1. The van der Waals surface area contributed by atoms with E-state index in [0.29, 0.717) is 0 Å². The Bertz CT molecular complexity index is 528. The van der Waals surface area contributed by atoms with Gasteiger partial charge >= 0.3 is 0 Å². The Morgan fingerprint density at radius 1 is 1.16 bits per heavy atom. The first kappa shape index (κ1) is 13.2. The summed E-state index contributed by atoms with van der Waals surface area (Å²) in [7, 11) is 0. The molecule has 2 atom stereocenters. The Morgan fingerprint density at radius 2 is 1.84 bits per heavy atom. The summed E-state index contributed by atoms with van der Waals surface area (Å²) in [6.07, 6.45) is 3.44. The predicted octanol–water partition coefficient (Wildman–Crippen LogP) is 1.96. The maximum atomic E-state index is 12.1. The molecular weight excluding hydrogens is 238 g/mol. The van der Waals surface area contributed by atoms with Gasteiger partial charge in [0.15, 0.2) is 0 Å². The van der Waals surface area contributed by atoms with Gasteiger partial charge in [0.1, 0.15) is 6.04 Å². The maximum Gasteiger partial charge on any atom is 0.241 e. The molecule has 1 aromatic carbocycles. The molecule has 4 nitrogen and oxygen atoms in total. The van der Waals surface area contributed by atoms with Gasteiger partial charge < -0.3 is 11.1 Å². The zero-order valence-corrected chi connectivity index (χ0v) is 10.8. The number of hydrogen-bond acceptors (Lipinski definition) is 3. The average Bonchev–Trinajstić information content (AvgIpc) is 2.48. The average molecular weight is 255 g/mol. The highest BCUT2D eigenvalue weighted by atomic mass is 16.2. The molecular formula is C15H17N3O. The van der Waals surface area contributed by atoms with Crippen LogP contribution in [0.1, 0.15) is 30.1 Å². The smallest absolute Gasteiger partial charge is 0.241 e. The SMILES string of the molecule is CC(NC(=O)[C@@H](N)c1ccccc1)c1cccnc1. The molecule has 0 spiro atoms. The lowest BCUT2D eigenvalue weighted by Gasteiger charge is -2.17. The molecule has 0 aliphatic carbocycles. The fourth-order valence-corrected chi connectivity index (χ4v) is 1.83. The van der Waals surface area contributed by atoms with Crippen molar-refractivity contribution in [3.8, 4) is 0 Å². The summed E-state index contributed by atoms with van der Waals surface area (Å²) < 4.78 is 0. The third-order valence-corrected chi connectivity index (χ3v) is 2.98. The summed E-state index contributed by atoms with van der Waals surface area (Å²) in [6, 6.07) is 12.3. The highest BCUT2D eigenvalue weighted by Crippen LogP contribution is 2.14. The molecule has 1 aromatic heterocycles. The molecule has 0 aliphatic rings. The van der Waals surface area contributed by atoms with Crippen LogP contribution in [-0.4, -0.2) is 10.9 Å². The van der Waals surface area contributed by atoms with Crippen molar-refractivity contribution in [2.45, 2.75) is 19.0 Å². The third-order valence-electron chi connectivity index (χ3n) is 2.98. The Balaban J connectivity index is 2.02. The molecule has 1 heterocycles. The van der Waals surface area contributed by atoms with Crippen LogP contribution in [0.2, 0.25) is 0 Å². The second kappa shape index (κ2) is 6.11. The maximum absolute atomic E-state index is 12.1. The van der Waals surface area contributed by atoms with Crippen LogP contribution in [0.3, 0.4) is 0 Å². The van der Waals surface area contributed by atoms with Gasteiger partial charge in [-0.25, -0.2) is 0 Å². The van der Waals surface area contributed by atoms with Crippen LogP contribution < -0.4 is 11.1 Å². The first-order valence-electron chi connectivity index (χ1n) is 6.19. The van der Waals surface area contributed by atoms with E-state index in [1.807, 2.05) is 49.4 Å². The Labute approximate surface area is 112 Å². The van der Waals surface area contributed by atoms with Gasteiger partial charge in [-0.3, -0.25) is 9.78 Å². The van der Waals surface area contributed by atoms with E-state index in [2.05, 4.69) is 10.3 Å². The van der Waals surface area contributed by atoms with Gasteiger partial charge in [0.2, 0.25) is 5.91 Å². The number of nitrogens with zero attached hydrogens (tertiary/aromatic N) is 1. The molecule has 3 N–H and O–H groups in total. The van der Waals surface area contributed by atoms with Gasteiger partial charge in [0.25, 0.3) is 0 Å². The molecule has 0 saturated carbocycles. The van der Waals surface area contributed by atoms with E-state index in [0.717, 1.165) is 11.1 Å². The minimum atomic E-state index is -0.652. The van der Waals surface area contributed by atoms with Crippen LogP contribution in [0.15, 0.2) is 54.9 Å². The summed E-state index contributed by atoms with van der Waals surface area (Å²) in [6.45, 7) is 1.91.